The van der Waals surface area contributed by atoms with Gasteiger partial charge in [0.05, 0.1) is 5.71 Å². The van der Waals surface area contributed by atoms with Gasteiger partial charge >= 0.3 is 0 Å². The fourth-order valence-corrected chi connectivity index (χ4v) is 9.24. The fourth-order valence-electron chi connectivity index (χ4n) is 9.24. The molecule has 290 valence electrons. The van der Waals surface area contributed by atoms with Crippen molar-refractivity contribution in [3.05, 3.63) is 246 Å². The second-order valence-electron chi connectivity index (χ2n) is 16.3. The summed E-state index contributed by atoms with van der Waals surface area (Å²) >= 11 is 0. The number of hydrogen-bond donors (Lipinski definition) is 1. The molecule has 0 saturated heterocycles. The topological polar surface area (TPSA) is 36.2 Å². The molecule has 0 atom stereocenters. The predicted octanol–water partition coefficient (Wildman–Crippen LogP) is 15.3. The summed E-state index contributed by atoms with van der Waals surface area (Å²) in [6, 6.07) is 75.1. The maximum Gasteiger partial charge on any atom is 0.152 e. The molecule has 0 spiro atoms. The van der Waals surface area contributed by atoms with Crippen LogP contribution in [0.4, 0.5) is 0 Å². The maximum atomic E-state index is 9.10. The van der Waals surface area contributed by atoms with Gasteiger partial charge < -0.3 is 0 Å². The standard InChI is InChI=1S/C59H44N2/c1-59(2)55-31-15-14-28-52(55)53-30-17-29-50(57(53)59)45-25-16-24-44(38-45)49-35-32-42(47-26-12-13-27-51(47)49)34-37-56(61-58(60)43-22-10-5-11-23-43)46-33-36-48(40-18-6-3-7-19-40)54(39-46)41-20-8-4-9-21-41/h3-39,60H,1-2H3/b37-34+,60-58?,61-56?. The van der Waals surface area contributed by atoms with Crippen LogP contribution in [0.1, 0.15) is 41.7 Å². The molecule has 9 aromatic rings. The summed E-state index contributed by atoms with van der Waals surface area (Å²) in [4.78, 5) is 5.01. The lowest BCUT2D eigenvalue weighted by Gasteiger charge is -2.24. The Bertz CT molecular complexity index is 3150. The number of nitrogens with zero attached hydrogens (tertiary/aromatic N) is 1. The molecule has 0 saturated carbocycles. The van der Waals surface area contributed by atoms with E-state index in [1.54, 1.807) is 0 Å². The summed E-state index contributed by atoms with van der Waals surface area (Å²) in [5.74, 6) is 0.213. The van der Waals surface area contributed by atoms with Crippen LogP contribution in [-0.4, -0.2) is 11.5 Å². The molecule has 0 aromatic heterocycles. The van der Waals surface area contributed by atoms with Crippen molar-refractivity contribution in [3.8, 4) is 55.6 Å². The minimum atomic E-state index is -0.103. The van der Waals surface area contributed by atoms with E-state index >= 15 is 0 Å². The van der Waals surface area contributed by atoms with Gasteiger partial charge in [-0.15, -0.1) is 0 Å². The van der Waals surface area contributed by atoms with Crippen molar-refractivity contribution in [2.45, 2.75) is 19.3 Å². The minimum Gasteiger partial charge on any atom is -0.282 e. The average Bonchev–Trinajstić information content (AvgIpc) is 3.56. The van der Waals surface area contributed by atoms with Gasteiger partial charge in [0.25, 0.3) is 0 Å². The number of aliphatic imine (C=N–C) groups is 1. The first-order valence-electron chi connectivity index (χ1n) is 21.0. The average molecular weight is 781 g/mol. The van der Waals surface area contributed by atoms with Crippen LogP contribution >= 0.6 is 0 Å². The van der Waals surface area contributed by atoms with Crippen molar-refractivity contribution in [2.75, 3.05) is 0 Å². The molecule has 0 aliphatic heterocycles. The van der Waals surface area contributed by atoms with E-state index in [-0.39, 0.29) is 11.3 Å². The molecule has 0 amide bonds. The van der Waals surface area contributed by atoms with Gasteiger partial charge in [-0.25, -0.2) is 4.99 Å². The second-order valence-corrected chi connectivity index (χ2v) is 16.3. The third kappa shape index (κ3) is 7.03. The Morgan fingerprint density at radius 2 is 0.984 bits per heavy atom. The Balaban J connectivity index is 1.06. The third-order valence-corrected chi connectivity index (χ3v) is 12.2. The lowest BCUT2D eigenvalue weighted by Crippen LogP contribution is -2.16. The second kappa shape index (κ2) is 15.8. The molecule has 1 N–H and O–H groups in total. The van der Waals surface area contributed by atoms with Crippen molar-refractivity contribution >= 4 is 28.4 Å². The highest BCUT2D eigenvalue weighted by Gasteiger charge is 2.37. The van der Waals surface area contributed by atoms with Crippen LogP contribution in [0.3, 0.4) is 0 Å². The zero-order valence-electron chi connectivity index (χ0n) is 34.3. The first-order valence-corrected chi connectivity index (χ1v) is 21.0. The van der Waals surface area contributed by atoms with Crippen LogP contribution in [0, 0.1) is 5.41 Å². The van der Waals surface area contributed by atoms with Crippen LogP contribution < -0.4 is 0 Å². The molecular formula is C59H44N2. The quantitative estimate of drug-likeness (QED) is 0.118. The van der Waals surface area contributed by atoms with E-state index in [1.807, 2.05) is 42.5 Å². The number of nitrogens with one attached hydrogen (secondary N) is 1. The molecule has 1 aliphatic rings. The highest BCUT2D eigenvalue weighted by molar-refractivity contribution is 6.18. The zero-order valence-corrected chi connectivity index (χ0v) is 34.3. The zero-order chi connectivity index (χ0) is 41.3. The molecule has 9 aromatic carbocycles. The van der Waals surface area contributed by atoms with Crippen LogP contribution in [0.2, 0.25) is 0 Å². The smallest absolute Gasteiger partial charge is 0.152 e. The monoisotopic (exact) mass is 780 g/mol. The highest BCUT2D eigenvalue weighted by Crippen LogP contribution is 2.52. The number of fused-ring (bicyclic) bond motifs is 4. The van der Waals surface area contributed by atoms with E-state index < -0.39 is 0 Å². The number of benzene rings is 9. The molecule has 0 radical (unpaired) electrons. The number of hydrogen-bond acceptors (Lipinski definition) is 1. The fraction of sp³-hybridized carbons (Fsp3) is 0.0508. The van der Waals surface area contributed by atoms with E-state index in [9.17, 15) is 0 Å². The Morgan fingerprint density at radius 1 is 0.426 bits per heavy atom. The van der Waals surface area contributed by atoms with E-state index in [1.165, 1.54) is 49.9 Å². The van der Waals surface area contributed by atoms with E-state index in [2.05, 4.69) is 196 Å². The molecule has 2 heteroatoms. The number of rotatable bonds is 8. The lowest BCUT2D eigenvalue weighted by molar-refractivity contribution is 0.662. The van der Waals surface area contributed by atoms with Crippen LogP contribution in [0.5, 0.6) is 0 Å². The third-order valence-electron chi connectivity index (χ3n) is 12.2. The van der Waals surface area contributed by atoms with Gasteiger partial charge in [0, 0.05) is 16.5 Å². The van der Waals surface area contributed by atoms with Crippen molar-refractivity contribution in [2.24, 2.45) is 4.99 Å². The van der Waals surface area contributed by atoms with Crippen LogP contribution in [-0.2, 0) is 5.41 Å². The first-order chi connectivity index (χ1) is 29.9. The maximum absolute atomic E-state index is 9.10. The summed E-state index contributed by atoms with van der Waals surface area (Å²) in [6.07, 6.45) is 4.22. The first kappa shape index (κ1) is 37.6. The van der Waals surface area contributed by atoms with Crippen LogP contribution in [0.25, 0.3) is 72.5 Å². The number of amidine groups is 1. The lowest BCUT2D eigenvalue weighted by atomic mass is 9.78. The molecular weight excluding hydrogens is 737 g/mol. The Kier molecular flexibility index (Phi) is 9.75. The van der Waals surface area contributed by atoms with Gasteiger partial charge in [-0.1, -0.05) is 220 Å². The molecule has 61 heavy (non-hydrogen) atoms. The summed E-state index contributed by atoms with van der Waals surface area (Å²) < 4.78 is 0. The summed E-state index contributed by atoms with van der Waals surface area (Å²) in [7, 11) is 0. The van der Waals surface area contributed by atoms with Gasteiger partial charge in [0.1, 0.15) is 0 Å². The van der Waals surface area contributed by atoms with E-state index in [0.717, 1.165) is 44.3 Å². The molecule has 10 rings (SSSR count). The Morgan fingerprint density at radius 3 is 1.74 bits per heavy atom. The Hall–Kier alpha value is -7.68. The van der Waals surface area contributed by atoms with Gasteiger partial charge in [-0.05, 0) is 101 Å². The van der Waals surface area contributed by atoms with Crippen molar-refractivity contribution in [3.63, 3.8) is 0 Å². The van der Waals surface area contributed by atoms with E-state index in [4.69, 9.17) is 10.4 Å². The summed E-state index contributed by atoms with van der Waals surface area (Å²) in [5, 5.41) is 11.4. The summed E-state index contributed by atoms with van der Waals surface area (Å²) in [5.41, 5.74) is 18.2. The van der Waals surface area contributed by atoms with Crippen molar-refractivity contribution in [1.29, 1.82) is 5.41 Å². The van der Waals surface area contributed by atoms with Gasteiger partial charge in [0.2, 0.25) is 0 Å². The van der Waals surface area contributed by atoms with Gasteiger partial charge in [-0.2, -0.15) is 0 Å². The van der Waals surface area contributed by atoms with Crippen molar-refractivity contribution in [1.82, 2.24) is 0 Å². The molecule has 0 heterocycles. The molecule has 0 unspecified atom stereocenters. The van der Waals surface area contributed by atoms with Crippen LogP contribution in [0.15, 0.2) is 223 Å². The highest BCUT2D eigenvalue weighted by atomic mass is 14.8. The normalized spacial score (nSPS) is 13.0. The summed E-state index contributed by atoms with van der Waals surface area (Å²) in [6.45, 7) is 4.71. The Labute approximate surface area is 358 Å². The molecule has 0 bridgehead atoms. The molecule has 2 nitrogen and oxygen atoms in total. The minimum absolute atomic E-state index is 0.103. The predicted molar refractivity (Wildman–Crippen MR) is 259 cm³/mol. The molecule has 0 fully saturated rings. The van der Waals surface area contributed by atoms with E-state index in [0.29, 0.717) is 5.71 Å². The van der Waals surface area contributed by atoms with Gasteiger partial charge in [-0.3, -0.25) is 5.41 Å². The SMILES string of the molecule is CC1(C)c2ccccc2-c2cccc(-c3cccc(-c4ccc(/C=C/C(=NC(=N)c5ccccc5)c5ccc(-c6ccccc6)c(-c6ccccc6)c5)c5ccccc45)c3)c21. The number of allylic oxidation sites excluding steroid dienone is 1. The van der Waals surface area contributed by atoms with Crippen molar-refractivity contribution < 1.29 is 0 Å². The molecule has 1 aliphatic carbocycles. The van der Waals surface area contributed by atoms with Gasteiger partial charge in [0.15, 0.2) is 5.84 Å². The largest absolute Gasteiger partial charge is 0.282 e.